The molecule has 0 spiro atoms. The Bertz CT molecular complexity index is 856. The van der Waals surface area contributed by atoms with Gasteiger partial charge in [-0.3, -0.25) is 9.59 Å². The molecule has 156 valence electrons. The van der Waals surface area contributed by atoms with Crippen LogP contribution in [0.1, 0.15) is 38.3 Å². The lowest BCUT2D eigenvalue weighted by atomic mass is 10.1. The normalized spacial score (nSPS) is 12.9. The molecule has 2 rings (SSSR count). The number of hydrogen-bond acceptors (Lipinski definition) is 2. The lowest BCUT2D eigenvalue weighted by molar-refractivity contribution is -0.140. The number of nitrogens with one attached hydrogen (secondary N) is 1. The van der Waals surface area contributed by atoms with Gasteiger partial charge in [0.25, 0.3) is 0 Å². The first-order chi connectivity index (χ1) is 13.7. The molecule has 0 saturated heterocycles. The Morgan fingerprint density at radius 2 is 1.62 bits per heavy atom. The average molecular weight is 456 g/mol. The summed E-state index contributed by atoms with van der Waals surface area (Å²) in [5.74, 6) is -0.389. The van der Waals surface area contributed by atoms with E-state index in [0.29, 0.717) is 20.6 Å². The van der Waals surface area contributed by atoms with Gasteiger partial charge in [-0.25, -0.2) is 0 Å². The van der Waals surface area contributed by atoms with Crippen LogP contribution in [-0.4, -0.2) is 28.8 Å². The Morgan fingerprint density at radius 3 is 2.21 bits per heavy atom. The molecular formula is C22H25Cl3N2O2. The summed E-state index contributed by atoms with van der Waals surface area (Å²) in [7, 11) is 0. The molecule has 4 nitrogen and oxygen atoms in total. The van der Waals surface area contributed by atoms with Crippen molar-refractivity contribution >= 4 is 46.6 Å². The van der Waals surface area contributed by atoms with Gasteiger partial charge >= 0.3 is 0 Å². The highest BCUT2D eigenvalue weighted by Gasteiger charge is 2.27. The summed E-state index contributed by atoms with van der Waals surface area (Å²) in [6.45, 7) is 5.95. The molecule has 0 aliphatic heterocycles. The topological polar surface area (TPSA) is 49.4 Å². The van der Waals surface area contributed by atoms with Gasteiger partial charge in [-0.05, 0) is 55.7 Å². The quantitative estimate of drug-likeness (QED) is 0.569. The van der Waals surface area contributed by atoms with Gasteiger partial charge in [-0.15, -0.1) is 0 Å². The van der Waals surface area contributed by atoms with Crippen molar-refractivity contribution in [2.75, 3.05) is 0 Å². The van der Waals surface area contributed by atoms with Gasteiger partial charge < -0.3 is 10.2 Å². The van der Waals surface area contributed by atoms with Gasteiger partial charge in [-0.1, -0.05) is 59.9 Å². The van der Waals surface area contributed by atoms with Crippen LogP contribution < -0.4 is 5.32 Å². The largest absolute Gasteiger partial charge is 0.352 e. The fourth-order valence-corrected chi connectivity index (χ4v) is 3.37. The highest BCUT2D eigenvalue weighted by Crippen LogP contribution is 2.23. The summed E-state index contributed by atoms with van der Waals surface area (Å²) in [6.07, 6.45) is 0.883. The predicted molar refractivity (Wildman–Crippen MR) is 120 cm³/mol. The molecule has 0 aromatic heterocycles. The highest BCUT2D eigenvalue weighted by molar-refractivity contribution is 6.35. The third-order valence-electron chi connectivity index (χ3n) is 4.79. The number of carbonyl (C=O) groups excluding carboxylic acids is 2. The zero-order valence-electron chi connectivity index (χ0n) is 16.7. The molecule has 0 aliphatic rings. The lowest BCUT2D eigenvalue weighted by Crippen LogP contribution is -2.49. The minimum absolute atomic E-state index is 0.0307. The van der Waals surface area contributed by atoms with E-state index in [-0.39, 0.29) is 30.8 Å². The number of carbonyl (C=O) groups is 2. The number of nitrogens with zero attached hydrogens (tertiary/aromatic N) is 1. The second kappa shape index (κ2) is 10.9. The average Bonchev–Trinajstić information content (AvgIpc) is 2.68. The molecule has 0 radical (unpaired) electrons. The monoisotopic (exact) mass is 454 g/mol. The molecule has 2 atom stereocenters. The molecule has 29 heavy (non-hydrogen) atoms. The van der Waals surface area contributed by atoms with Crippen LogP contribution >= 0.6 is 34.8 Å². The third-order valence-corrected chi connectivity index (χ3v) is 5.63. The van der Waals surface area contributed by atoms with Crippen LogP contribution in [0.2, 0.25) is 15.1 Å². The number of amides is 2. The van der Waals surface area contributed by atoms with E-state index in [0.717, 1.165) is 12.0 Å². The molecule has 0 heterocycles. The van der Waals surface area contributed by atoms with Crippen LogP contribution in [0.4, 0.5) is 0 Å². The molecule has 0 fully saturated rings. The van der Waals surface area contributed by atoms with Crippen LogP contribution in [0, 0.1) is 0 Å². The van der Waals surface area contributed by atoms with E-state index in [4.69, 9.17) is 34.8 Å². The van der Waals surface area contributed by atoms with Gasteiger partial charge in [0.15, 0.2) is 0 Å². The molecule has 7 heteroatoms. The van der Waals surface area contributed by atoms with Crippen LogP contribution in [0.25, 0.3) is 0 Å². The maximum Gasteiger partial charge on any atom is 0.242 e. The van der Waals surface area contributed by atoms with Crippen molar-refractivity contribution in [3.8, 4) is 0 Å². The van der Waals surface area contributed by atoms with Crippen LogP contribution in [0.5, 0.6) is 0 Å². The van der Waals surface area contributed by atoms with E-state index in [2.05, 4.69) is 5.32 Å². The van der Waals surface area contributed by atoms with Crippen molar-refractivity contribution in [1.29, 1.82) is 0 Å². The Hall–Kier alpha value is -1.75. The Morgan fingerprint density at radius 1 is 1.00 bits per heavy atom. The number of rotatable bonds is 8. The number of benzene rings is 2. The van der Waals surface area contributed by atoms with Gasteiger partial charge in [-0.2, -0.15) is 0 Å². The zero-order valence-corrected chi connectivity index (χ0v) is 19.0. The Balaban J connectivity index is 2.25. The maximum absolute atomic E-state index is 13.2. The Kier molecular flexibility index (Phi) is 8.81. The fourth-order valence-electron chi connectivity index (χ4n) is 2.76. The fraction of sp³-hybridized carbons (Fsp3) is 0.364. The van der Waals surface area contributed by atoms with E-state index < -0.39 is 6.04 Å². The maximum atomic E-state index is 13.2. The number of halogens is 3. The molecule has 2 amide bonds. The van der Waals surface area contributed by atoms with Gasteiger partial charge in [0, 0.05) is 27.7 Å². The summed E-state index contributed by atoms with van der Waals surface area (Å²) < 4.78 is 0. The van der Waals surface area contributed by atoms with E-state index in [1.807, 2.05) is 26.0 Å². The first-order valence-corrected chi connectivity index (χ1v) is 10.6. The smallest absolute Gasteiger partial charge is 0.242 e. The first kappa shape index (κ1) is 23.5. The van der Waals surface area contributed by atoms with Crippen molar-refractivity contribution in [2.45, 2.75) is 52.2 Å². The molecule has 2 aromatic rings. The highest BCUT2D eigenvalue weighted by atomic mass is 35.5. The summed E-state index contributed by atoms with van der Waals surface area (Å²) in [4.78, 5) is 27.4. The minimum atomic E-state index is -0.641. The van der Waals surface area contributed by atoms with Crippen LogP contribution in [0.3, 0.4) is 0 Å². The van der Waals surface area contributed by atoms with Crippen molar-refractivity contribution in [3.63, 3.8) is 0 Å². The van der Waals surface area contributed by atoms with Crippen molar-refractivity contribution in [3.05, 3.63) is 68.7 Å². The summed E-state index contributed by atoms with van der Waals surface area (Å²) in [5.41, 5.74) is 1.55. The van der Waals surface area contributed by atoms with Crippen LogP contribution in [-0.2, 0) is 22.6 Å². The van der Waals surface area contributed by atoms with Gasteiger partial charge in [0.2, 0.25) is 11.8 Å². The molecule has 1 N–H and O–H groups in total. The second-order valence-electron chi connectivity index (χ2n) is 7.05. The van der Waals surface area contributed by atoms with E-state index >= 15 is 0 Å². The zero-order chi connectivity index (χ0) is 21.6. The van der Waals surface area contributed by atoms with Crippen molar-refractivity contribution in [2.24, 2.45) is 0 Å². The summed E-state index contributed by atoms with van der Waals surface area (Å²) in [5, 5.41) is 4.49. The minimum Gasteiger partial charge on any atom is -0.352 e. The summed E-state index contributed by atoms with van der Waals surface area (Å²) in [6, 6.07) is 11.6. The van der Waals surface area contributed by atoms with Gasteiger partial charge in [0.05, 0.1) is 6.42 Å². The molecular weight excluding hydrogens is 431 g/mol. The lowest BCUT2D eigenvalue weighted by Gasteiger charge is -2.30. The third kappa shape index (κ3) is 6.91. The molecule has 0 bridgehead atoms. The van der Waals surface area contributed by atoms with Crippen molar-refractivity contribution in [1.82, 2.24) is 10.2 Å². The SMILES string of the molecule is CCC(C)NC(=O)C(C)N(Cc1ccc(Cl)cc1)C(=O)Cc1ccc(Cl)cc1Cl. The van der Waals surface area contributed by atoms with Gasteiger partial charge in [0.1, 0.15) is 6.04 Å². The van der Waals surface area contributed by atoms with Crippen molar-refractivity contribution < 1.29 is 9.59 Å². The molecule has 2 unspecified atom stereocenters. The standard InChI is InChI=1S/C22H25Cl3N2O2/c1-4-14(2)26-22(29)15(3)27(13-16-5-8-18(23)9-6-16)21(28)11-17-7-10-19(24)12-20(17)25/h5-10,12,14-15H,4,11,13H2,1-3H3,(H,26,29). The molecule has 0 aliphatic carbocycles. The summed E-state index contributed by atoms with van der Waals surface area (Å²) >= 11 is 18.1. The number of hydrogen-bond donors (Lipinski definition) is 1. The molecule has 2 aromatic carbocycles. The Labute approximate surface area is 187 Å². The van der Waals surface area contributed by atoms with E-state index in [1.165, 1.54) is 0 Å². The van der Waals surface area contributed by atoms with E-state index in [1.54, 1.807) is 42.2 Å². The second-order valence-corrected chi connectivity index (χ2v) is 8.33. The van der Waals surface area contributed by atoms with E-state index in [9.17, 15) is 9.59 Å². The molecule has 0 saturated carbocycles. The first-order valence-electron chi connectivity index (χ1n) is 9.49. The predicted octanol–water partition coefficient (Wildman–Crippen LogP) is 5.52. The van der Waals surface area contributed by atoms with Crippen LogP contribution in [0.15, 0.2) is 42.5 Å².